The molecule has 0 radical (unpaired) electrons. The minimum Gasteiger partial charge on any atom is -0.378 e. The molecule has 5 N–H and O–H groups in total. The zero-order chi connectivity index (χ0) is 24.5. The number of nitrogens with zero attached hydrogens (tertiary/aromatic N) is 5. The lowest BCUT2D eigenvalue weighted by Crippen LogP contribution is -2.55. The summed E-state index contributed by atoms with van der Waals surface area (Å²) in [5.41, 5.74) is 10.2. The molecular weight excluding hydrogens is 458 g/mol. The highest BCUT2D eigenvalue weighted by Crippen LogP contribution is 2.30. The first-order chi connectivity index (χ1) is 17.6. The zero-order valence-electron chi connectivity index (χ0n) is 19.6. The molecule has 0 bridgehead atoms. The Morgan fingerprint density at radius 2 is 1.81 bits per heavy atom. The van der Waals surface area contributed by atoms with E-state index in [1.165, 1.54) is 0 Å². The van der Waals surface area contributed by atoms with Gasteiger partial charge in [-0.3, -0.25) is 5.32 Å². The summed E-state index contributed by atoms with van der Waals surface area (Å²) >= 11 is 0. The standard InChI is InChI=1S/C25H27N9O2/c26-17-13-34(14-17)19-5-6-27-22(11-19)32-25(35)30-18-3-1-16(2-4-18)21-12-20-23(31-21)28-15-29-24(20)33-7-9-36-10-8-33/h1-6,11-12,15,17H,7-10,13-14,26H2,(H,28,29,31)(H2,27,30,32,35). The van der Waals surface area contributed by atoms with Crippen LogP contribution in [-0.4, -0.2) is 71.4 Å². The van der Waals surface area contributed by atoms with Crippen LogP contribution in [0.3, 0.4) is 0 Å². The van der Waals surface area contributed by atoms with Crippen molar-refractivity contribution in [2.45, 2.75) is 6.04 Å². The van der Waals surface area contributed by atoms with Crippen LogP contribution in [0.15, 0.2) is 55.0 Å². The van der Waals surface area contributed by atoms with E-state index >= 15 is 0 Å². The Morgan fingerprint density at radius 1 is 1.00 bits per heavy atom. The number of rotatable bonds is 5. The second kappa shape index (κ2) is 9.44. The number of hydrogen-bond acceptors (Lipinski definition) is 8. The number of nitrogens with two attached hydrogens (primary N) is 1. The molecule has 5 heterocycles. The number of hydrogen-bond donors (Lipinski definition) is 4. The molecule has 2 fully saturated rings. The highest BCUT2D eigenvalue weighted by molar-refractivity contribution is 5.99. The fraction of sp³-hybridized carbons (Fsp3) is 0.280. The van der Waals surface area contributed by atoms with Crippen molar-refractivity contribution in [2.75, 3.05) is 59.8 Å². The van der Waals surface area contributed by atoms with E-state index in [1.54, 1.807) is 12.5 Å². The van der Waals surface area contributed by atoms with Gasteiger partial charge in [-0.2, -0.15) is 0 Å². The Bertz CT molecular complexity index is 1380. The molecule has 11 nitrogen and oxygen atoms in total. The minimum atomic E-state index is -0.358. The number of carbonyl (C=O) groups is 1. The summed E-state index contributed by atoms with van der Waals surface area (Å²) in [5, 5.41) is 6.63. The van der Waals surface area contributed by atoms with Crippen molar-refractivity contribution in [3.8, 4) is 11.3 Å². The summed E-state index contributed by atoms with van der Waals surface area (Å²) in [6.07, 6.45) is 3.26. The largest absolute Gasteiger partial charge is 0.378 e. The molecule has 2 aliphatic rings. The number of morpholine rings is 1. The molecule has 0 aliphatic carbocycles. The average molecular weight is 486 g/mol. The maximum Gasteiger partial charge on any atom is 0.324 e. The van der Waals surface area contributed by atoms with Crippen molar-refractivity contribution in [1.82, 2.24) is 19.9 Å². The summed E-state index contributed by atoms with van der Waals surface area (Å²) in [7, 11) is 0. The molecule has 11 heteroatoms. The summed E-state index contributed by atoms with van der Waals surface area (Å²) in [5.74, 6) is 1.40. The van der Waals surface area contributed by atoms with Crippen molar-refractivity contribution >= 4 is 40.1 Å². The van der Waals surface area contributed by atoms with Gasteiger partial charge in [-0.05, 0) is 29.8 Å². The number of anilines is 4. The van der Waals surface area contributed by atoms with Crippen LogP contribution >= 0.6 is 0 Å². The van der Waals surface area contributed by atoms with E-state index in [2.05, 4.69) is 46.4 Å². The van der Waals surface area contributed by atoms with Gasteiger partial charge in [0.15, 0.2) is 0 Å². The first kappa shape index (κ1) is 22.3. The smallest absolute Gasteiger partial charge is 0.324 e. The topological polar surface area (TPSA) is 137 Å². The predicted octanol–water partition coefficient (Wildman–Crippen LogP) is 2.65. The number of aromatic amines is 1. The number of amides is 2. The Hall–Kier alpha value is -4.22. The number of fused-ring (bicyclic) bond motifs is 1. The number of H-pyrrole nitrogens is 1. The van der Waals surface area contributed by atoms with Crippen LogP contribution < -0.4 is 26.2 Å². The van der Waals surface area contributed by atoms with Gasteiger partial charge in [-0.25, -0.2) is 19.7 Å². The number of pyridine rings is 1. The molecule has 2 aliphatic heterocycles. The molecule has 2 saturated heterocycles. The number of nitrogens with one attached hydrogen (secondary N) is 3. The second-order valence-corrected chi connectivity index (χ2v) is 8.96. The van der Waals surface area contributed by atoms with Gasteiger partial charge in [-0.15, -0.1) is 0 Å². The molecule has 0 unspecified atom stereocenters. The molecule has 3 aromatic heterocycles. The number of aromatic nitrogens is 4. The number of ether oxygens (including phenoxy) is 1. The van der Waals surface area contributed by atoms with Crippen LogP contribution in [-0.2, 0) is 4.74 Å². The normalized spacial score (nSPS) is 16.1. The van der Waals surface area contributed by atoms with E-state index in [-0.39, 0.29) is 12.1 Å². The third-order valence-corrected chi connectivity index (χ3v) is 6.43. The van der Waals surface area contributed by atoms with E-state index < -0.39 is 0 Å². The van der Waals surface area contributed by atoms with Crippen molar-refractivity contribution in [3.63, 3.8) is 0 Å². The highest BCUT2D eigenvalue weighted by atomic mass is 16.5. The molecule has 0 atom stereocenters. The molecular formula is C25H27N9O2. The fourth-order valence-electron chi connectivity index (χ4n) is 4.53. The van der Waals surface area contributed by atoms with Gasteiger partial charge in [0.05, 0.1) is 18.6 Å². The van der Waals surface area contributed by atoms with E-state index in [1.807, 2.05) is 36.4 Å². The maximum absolute atomic E-state index is 12.5. The SMILES string of the molecule is NC1CN(c2ccnc(NC(=O)Nc3ccc(-c4cc5c(N6CCOCC6)ncnc5[nH]4)cc3)c2)C1. The van der Waals surface area contributed by atoms with Crippen molar-refractivity contribution in [3.05, 3.63) is 55.0 Å². The molecule has 1 aromatic carbocycles. The lowest BCUT2D eigenvalue weighted by atomic mass is 10.1. The summed E-state index contributed by atoms with van der Waals surface area (Å²) in [4.78, 5) is 33.4. The molecule has 2 amide bonds. The Labute approximate surface area is 207 Å². The van der Waals surface area contributed by atoms with Gasteiger partial charge in [0.2, 0.25) is 0 Å². The van der Waals surface area contributed by atoms with Gasteiger partial charge in [-0.1, -0.05) is 12.1 Å². The first-order valence-corrected chi connectivity index (χ1v) is 11.9. The van der Waals surface area contributed by atoms with Crippen molar-refractivity contribution < 1.29 is 9.53 Å². The lowest BCUT2D eigenvalue weighted by Gasteiger charge is -2.38. The highest BCUT2D eigenvalue weighted by Gasteiger charge is 2.23. The maximum atomic E-state index is 12.5. The number of carbonyl (C=O) groups excluding carboxylic acids is 1. The van der Waals surface area contributed by atoms with Crippen molar-refractivity contribution in [2.24, 2.45) is 5.73 Å². The molecule has 184 valence electrons. The summed E-state index contributed by atoms with van der Waals surface area (Å²) in [6, 6.07) is 13.3. The lowest BCUT2D eigenvalue weighted by molar-refractivity contribution is 0.122. The third kappa shape index (κ3) is 4.53. The number of benzene rings is 1. The van der Waals surface area contributed by atoms with Crippen LogP contribution in [0.1, 0.15) is 0 Å². The monoisotopic (exact) mass is 485 g/mol. The van der Waals surface area contributed by atoms with Gasteiger partial charge in [0.25, 0.3) is 0 Å². The van der Waals surface area contributed by atoms with Gasteiger partial charge in [0, 0.05) is 61.6 Å². The van der Waals surface area contributed by atoms with Gasteiger partial charge < -0.3 is 30.6 Å². The molecule has 4 aromatic rings. The second-order valence-electron chi connectivity index (χ2n) is 8.96. The van der Waals surface area contributed by atoms with Crippen LogP contribution in [0.25, 0.3) is 22.3 Å². The van der Waals surface area contributed by atoms with Crippen LogP contribution in [0.2, 0.25) is 0 Å². The molecule has 0 spiro atoms. The summed E-state index contributed by atoms with van der Waals surface area (Å²) < 4.78 is 5.47. The number of urea groups is 1. The quantitative estimate of drug-likeness (QED) is 0.339. The van der Waals surface area contributed by atoms with Gasteiger partial charge >= 0.3 is 6.03 Å². The fourth-order valence-corrected chi connectivity index (χ4v) is 4.53. The Morgan fingerprint density at radius 3 is 2.58 bits per heavy atom. The van der Waals surface area contributed by atoms with Crippen LogP contribution in [0.5, 0.6) is 0 Å². The minimum absolute atomic E-state index is 0.199. The van der Waals surface area contributed by atoms with Crippen molar-refractivity contribution in [1.29, 1.82) is 0 Å². The first-order valence-electron chi connectivity index (χ1n) is 11.9. The van der Waals surface area contributed by atoms with E-state index in [4.69, 9.17) is 10.5 Å². The average Bonchev–Trinajstić information content (AvgIpc) is 3.32. The van der Waals surface area contributed by atoms with E-state index in [0.717, 1.165) is 60.0 Å². The van der Waals surface area contributed by atoms with Gasteiger partial charge in [0.1, 0.15) is 23.6 Å². The molecule has 36 heavy (non-hydrogen) atoms. The van der Waals surface area contributed by atoms with Crippen LogP contribution in [0.4, 0.5) is 27.8 Å². The molecule has 0 saturated carbocycles. The molecule has 6 rings (SSSR count). The Balaban J connectivity index is 1.13. The summed E-state index contributed by atoms with van der Waals surface area (Å²) in [6.45, 7) is 4.61. The Kier molecular flexibility index (Phi) is 5.84. The van der Waals surface area contributed by atoms with E-state index in [9.17, 15) is 4.79 Å². The zero-order valence-corrected chi connectivity index (χ0v) is 19.6. The van der Waals surface area contributed by atoms with Crippen LogP contribution in [0, 0.1) is 0 Å². The van der Waals surface area contributed by atoms with E-state index in [0.29, 0.717) is 24.7 Å². The third-order valence-electron chi connectivity index (χ3n) is 6.43. The predicted molar refractivity (Wildman–Crippen MR) is 139 cm³/mol.